The maximum Gasteiger partial charge on any atom is 0.283 e. The van der Waals surface area contributed by atoms with Crippen LogP contribution in [0.3, 0.4) is 0 Å². The summed E-state index contributed by atoms with van der Waals surface area (Å²) in [6.07, 6.45) is 1.59. The van der Waals surface area contributed by atoms with Gasteiger partial charge in [0.1, 0.15) is 5.75 Å². The Labute approximate surface area is 191 Å². The first-order chi connectivity index (χ1) is 15.4. The molecule has 0 spiro atoms. The molecule has 0 unspecified atom stereocenters. The van der Waals surface area contributed by atoms with Crippen molar-refractivity contribution >= 4 is 27.5 Å². The van der Waals surface area contributed by atoms with Crippen LogP contribution >= 0.6 is 15.9 Å². The highest BCUT2D eigenvalue weighted by Crippen LogP contribution is 2.30. The van der Waals surface area contributed by atoms with Gasteiger partial charge >= 0.3 is 0 Å². The third kappa shape index (κ3) is 4.37. The number of carbonyl (C=O) groups is 1. The maximum absolute atomic E-state index is 13.5. The molecule has 0 atom stereocenters. The number of phenols is 1. The number of benzene rings is 2. The van der Waals surface area contributed by atoms with E-state index in [1.54, 1.807) is 66.9 Å². The number of phenolic OH excluding ortho intramolecular Hbond substituents is 1. The van der Waals surface area contributed by atoms with Crippen LogP contribution in [0.4, 0.5) is 5.69 Å². The van der Waals surface area contributed by atoms with Crippen LogP contribution < -0.4 is 10.5 Å². The molecule has 160 valence electrons. The van der Waals surface area contributed by atoms with Gasteiger partial charge in [0.2, 0.25) is 0 Å². The SMILES string of the molecule is O=C(c1nn(-c2ccc(Br)cc2)c(=O)cc1O)N(Cc1ccccn1)c1ccccc1O. The van der Waals surface area contributed by atoms with Crippen LogP contribution in [0.2, 0.25) is 0 Å². The smallest absolute Gasteiger partial charge is 0.283 e. The van der Waals surface area contributed by atoms with Crippen LogP contribution in [-0.4, -0.2) is 30.9 Å². The zero-order chi connectivity index (χ0) is 22.7. The predicted octanol–water partition coefficient (Wildman–Crippen LogP) is 3.65. The second-order valence-electron chi connectivity index (χ2n) is 6.81. The quantitative estimate of drug-likeness (QED) is 0.440. The van der Waals surface area contributed by atoms with E-state index in [-0.39, 0.29) is 23.7 Å². The zero-order valence-electron chi connectivity index (χ0n) is 16.6. The molecule has 0 radical (unpaired) electrons. The summed E-state index contributed by atoms with van der Waals surface area (Å²) in [4.78, 5) is 31.4. The van der Waals surface area contributed by atoms with Crippen molar-refractivity contribution < 1.29 is 15.0 Å². The number of para-hydroxylation sites is 2. The van der Waals surface area contributed by atoms with Gasteiger partial charge in [0.05, 0.1) is 23.6 Å². The zero-order valence-corrected chi connectivity index (χ0v) is 18.2. The molecule has 9 heteroatoms. The van der Waals surface area contributed by atoms with E-state index in [0.29, 0.717) is 11.4 Å². The Morgan fingerprint density at radius 3 is 2.38 bits per heavy atom. The van der Waals surface area contributed by atoms with Gasteiger partial charge in [0, 0.05) is 16.7 Å². The first kappa shape index (κ1) is 21.3. The van der Waals surface area contributed by atoms with Crippen molar-refractivity contribution in [3.8, 4) is 17.2 Å². The molecule has 0 aliphatic rings. The molecule has 4 aromatic rings. The van der Waals surface area contributed by atoms with E-state index < -0.39 is 17.2 Å². The minimum absolute atomic E-state index is 0.00970. The fourth-order valence-electron chi connectivity index (χ4n) is 3.11. The van der Waals surface area contributed by atoms with Crippen LogP contribution in [0.25, 0.3) is 5.69 Å². The van der Waals surface area contributed by atoms with E-state index in [1.165, 1.54) is 11.0 Å². The van der Waals surface area contributed by atoms with E-state index >= 15 is 0 Å². The minimum Gasteiger partial charge on any atom is -0.506 e. The number of carbonyl (C=O) groups excluding carboxylic acids is 1. The fourth-order valence-corrected chi connectivity index (χ4v) is 3.37. The van der Waals surface area contributed by atoms with Gasteiger partial charge in [-0.1, -0.05) is 34.1 Å². The fraction of sp³-hybridized carbons (Fsp3) is 0.0435. The van der Waals surface area contributed by atoms with E-state index in [9.17, 15) is 19.8 Å². The number of anilines is 1. The summed E-state index contributed by atoms with van der Waals surface area (Å²) in [5.74, 6) is -1.40. The monoisotopic (exact) mass is 492 g/mol. The first-order valence-corrected chi connectivity index (χ1v) is 10.3. The third-order valence-corrected chi connectivity index (χ3v) is 5.18. The number of halogens is 1. The number of pyridine rings is 1. The Morgan fingerprint density at radius 1 is 0.969 bits per heavy atom. The Balaban J connectivity index is 1.81. The van der Waals surface area contributed by atoms with E-state index in [4.69, 9.17) is 0 Å². The average molecular weight is 493 g/mol. The summed E-state index contributed by atoms with van der Waals surface area (Å²) in [6, 6.07) is 19.3. The van der Waals surface area contributed by atoms with Crippen molar-refractivity contribution in [2.24, 2.45) is 0 Å². The van der Waals surface area contributed by atoms with Gasteiger partial charge in [-0.15, -0.1) is 0 Å². The molecule has 2 N–H and O–H groups in total. The van der Waals surface area contributed by atoms with Crippen LogP contribution in [-0.2, 0) is 6.54 Å². The van der Waals surface area contributed by atoms with E-state index in [1.807, 2.05) is 0 Å². The molecule has 32 heavy (non-hydrogen) atoms. The van der Waals surface area contributed by atoms with E-state index in [0.717, 1.165) is 15.2 Å². The van der Waals surface area contributed by atoms with Gasteiger partial charge < -0.3 is 10.2 Å². The molecular formula is C23H17BrN4O4. The first-order valence-electron chi connectivity index (χ1n) is 9.53. The molecule has 0 aliphatic carbocycles. The Hall–Kier alpha value is -3.98. The number of hydrogen-bond acceptors (Lipinski definition) is 6. The Morgan fingerprint density at radius 2 is 1.69 bits per heavy atom. The second-order valence-corrected chi connectivity index (χ2v) is 7.72. The Bertz CT molecular complexity index is 1320. The van der Waals surface area contributed by atoms with Gasteiger partial charge in [-0.05, 0) is 48.5 Å². The molecule has 2 heterocycles. The lowest BCUT2D eigenvalue weighted by atomic mass is 10.2. The summed E-state index contributed by atoms with van der Waals surface area (Å²) in [6.45, 7) is 0.00970. The number of amides is 1. The van der Waals surface area contributed by atoms with Crippen molar-refractivity contribution in [3.05, 3.63) is 105 Å². The Kier molecular flexibility index (Phi) is 6.00. The molecule has 0 saturated heterocycles. The number of hydrogen-bond donors (Lipinski definition) is 2. The van der Waals surface area contributed by atoms with Crippen molar-refractivity contribution in [1.82, 2.24) is 14.8 Å². The molecule has 2 aromatic heterocycles. The molecule has 4 rings (SSSR count). The van der Waals surface area contributed by atoms with Crippen LogP contribution in [0.5, 0.6) is 11.5 Å². The van der Waals surface area contributed by atoms with Gasteiger partial charge in [-0.2, -0.15) is 9.78 Å². The van der Waals surface area contributed by atoms with Crippen LogP contribution in [0.15, 0.2) is 88.3 Å². The molecule has 0 saturated carbocycles. The summed E-state index contributed by atoms with van der Waals surface area (Å²) in [7, 11) is 0. The average Bonchev–Trinajstić information content (AvgIpc) is 2.79. The molecule has 2 aromatic carbocycles. The van der Waals surface area contributed by atoms with Gasteiger partial charge in [0.15, 0.2) is 11.4 Å². The summed E-state index contributed by atoms with van der Waals surface area (Å²) >= 11 is 3.33. The van der Waals surface area contributed by atoms with Gasteiger partial charge in [-0.25, -0.2) is 0 Å². The van der Waals surface area contributed by atoms with Crippen LogP contribution in [0, 0.1) is 0 Å². The molecule has 1 amide bonds. The molecular weight excluding hydrogens is 476 g/mol. The van der Waals surface area contributed by atoms with Crippen molar-refractivity contribution in [3.63, 3.8) is 0 Å². The summed E-state index contributed by atoms with van der Waals surface area (Å²) in [5.41, 5.74) is 0.258. The van der Waals surface area contributed by atoms with E-state index in [2.05, 4.69) is 26.0 Å². The molecule has 0 aliphatic heterocycles. The molecule has 0 bridgehead atoms. The number of rotatable bonds is 5. The number of aromatic nitrogens is 3. The maximum atomic E-state index is 13.5. The second kappa shape index (κ2) is 9.03. The molecule has 8 nitrogen and oxygen atoms in total. The lowest BCUT2D eigenvalue weighted by molar-refractivity contribution is 0.0974. The standard InChI is InChI=1S/C23H17BrN4O4/c24-15-8-10-17(11-9-15)28-21(31)13-20(30)22(26-28)23(32)27(14-16-5-3-4-12-25-16)18-6-1-2-7-19(18)29/h1-13,29-30H,14H2. The van der Waals surface area contributed by atoms with Crippen molar-refractivity contribution in [2.75, 3.05) is 4.90 Å². The predicted molar refractivity (Wildman–Crippen MR) is 122 cm³/mol. The topological polar surface area (TPSA) is 109 Å². The minimum atomic E-state index is -0.708. The summed E-state index contributed by atoms with van der Waals surface area (Å²) in [5, 5.41) is 24.9. The highest BCUT2D eigenvalue weighted by molar-refractivity contribution is 9.10. The highest BCUT2D eigenvalue weighted by atomic mass is 79.9. The summed E-state index contributed by atoms with van der Waals surface area (Å²) < 4.78 is 1.84. The lowest BCUT2D eigenvalue weighted by Gasteiger charge is -2.23. The highest BCUT2D eigenvalue weighted by Gasteiger charge is 2.26. The van der Waals surface area contributed by atoms with Crippen LogP contribution in [0.1, 0.15) is 16.2 Å². The van der Waals surface area contributed by atoms with Gasteiger partial charge in [0.25, 0.3) is 11.5 Å². The lowest BCUT2D eigenvalue weighted by Crippen LogP contribution is -2.33. The molecule has 0 fully saturated rings. The van der Waals surface area contributed by atoms with Gasteiger partial charge in [-0.3, -0.25) is 19.5 Å². The number of aromatic hydroxyl groups is 2. The third-order valence-electron chi connectivity index (χ3n) is 4.65. The van der Waals surface area contributed by atoms with Crippen molar-refractivity contribution in [2.45, 2.75) is 6.54 Å². The van der Waals surface area contributed by atoms with Crippen molar-refractivity contribution in [1.29, 1.82) is 0 Å². The normalized spacial score (nSPS) is 10.7. The largest absolute Gasteiger partial charge is 0.506 e. The number of nitrogens with zero attached hydrogens (tertiary/aromatic N) is 4.